The predicted octanol–water partition coefficient (Wildman–Crippen LogP) is 1.84. The summed E-state index contributed by atoms with van der Waals surface area (Å²) >= 11 is 0. The highest BCUT2D eigenvalue weighted by atomic mass is 16.2. The Kier molecular flexibility index (Phi) is 5.85. The first-order chi connectivity index (χ1) is 9.56. The van der Waals surface area contributed by atoms with E-state index in [0.717, 1.165) is 25.8 Å². The summed E-state index contributed by atoms with van der Waals surface area (Å²) in [4.78, 5) is 16.7. The zero-order valence-electron chi connectivity index (χ0n) is 13.2. The van der Waals surface area contributed by atoms with Gasteiger partial charge in [0, 0.05) is 32.1 Å². The third-order valence-corrected chi connectivity index (χ3v) is 5.13. The van der Waals surface area contributed by atoms with Crippen molar-refractivity contribution in [3.8, 4) is 0 Å². The van der Waals surface area contributed by atoms with E-state index < -0.39 is 0 Å². The number of likely N-dealkylation sites (N-methyl/N-ethyl adjacent to an activating group) is 2. The van der Waals surface area contributed by atoms with Crippen LogP contribution in [0.15, 0.2) is 0 Å². The van der Waals surface area contributed by atoms with Gasteiger partial charge in [0.15, 0.2) is 0 Å². The van der Waals surface area contributed by atoms with Crippen molar-refractivity contribution >= 4 is 5.91 Å². The van der Waals surface area contributed by atoms with Crippen molar-refractivity contribution in [1.29, 1.82) is 0 Å². The van der Waals surface area contributed by atoms with E-state index in [4.69, 9.17) is 5.73 Å². The normalized spacial score (nSPS) is 32.0. The van der Waals surface area contributed by atoms with Gasteiger partial charge in [0.2, 0.25) is 5.91 Å². The van der Waals surface area contributed by atoms with Crippen LogP contribution in [0.1, 0.15) is 51.4 Å². The fourth-order valence-electron chi connectivity index (χ4n) is 3.76. The minimum atomic E-state index is 0.324. The maximum atomic E-state index is 12.3. The highest BCUT2D eigenvalue weighted by Crippen LogP contribution is 2.27. The standard InChI is InChI=1S/C16H31N3O/c1-18-10-4-7-15(12-18)19(2)16(20)9-8-13-5-3-6-14(17)11-13/h13-15H,3-12,17H2,1-2H3. The van der Waals surface area contributed by atoms with Gasteiger partial charge in [-0.25, -0.2) is 0 Å². The first kappa shape index (κ1) is 15.8. The van der Waals surface area contributed by atoms with E-state index >= 15 is 0 Å². The van der Waals surface area contributed by atoms with E-state index in [0.29, 0.717) is 30.3 Å². The van der Waals surface area contributed by atoms with E-state index in [1.54, 1.807) is 0 Å². The van der Waals surface area contributed by atoms with Crippen molar-refractivity contribution in [2.75, 3.05) is 27.2 Å². The molecule has 3 unspecified atom stereocenters. The summed E-state index contributed by atoms with van der Waals surface area (Å²) in [5, 5.41) is 0. The molecule has 0 radical (unpaired) electrons. The summed E-state index contributed by atoms with van der Waals surface area (Å²) < 4.78 is 0. The lowest BCUT2D eigenvalue weighted by atomic mass is 9.83. The van der Waals surface area contributed by atoms with E-state index in [-0.39, 0.29) is 0 Å². The average Bonchev–Trinajstić information content (AvgIpc) is 2.44. The lowest BCUT2D eigenvalue weighted by Gasteiger charge is -2.36. The van der Waals surface area contributed by atoms with Crippen LogP contribution in [-0.2, 0) is 4.79 Å². The lowest BCUT2D eigenvalue weighted by molar-refractivity contribution is -0.133. The van der Waals surface area contributed by atoms with Gasteiger partial charge in [-0.3, -0.25) is 4.79 Å². The number of amides is 1. The summed E-state index contributed by atoms with van der Waals surface area (Å²) in [5.41, 5.74) is 6.02. The van der Waals surface area contributed by atoms with Crippen molar-refractivity contribution < 1.29 is 4.79 Å². The number of hydrogen-bond donors (Lipinski definition) is 1. The number of nitrogens with zero attached hydrogens (tertiary/aromatic N) is 2. The van der Waals surface area contributed by atoms with Gasteiger partial charge in [-0.05, 0) is 51.6 Å². The zero-order chi connectivity index (χ0) is 14.5. The van der Waals surface area contributed by atoms with Crippen molar-refractivity contribution in [3.63, 3.8) is 0 Å². The topological polar surface area (TPSA) is 49.6 Å². The van der Waals surface area contributed by atoms with Crippen LogP contribution in [0.2, 0.25) is 0 Å². The molecule has 4 heteroatoms. The van der Waals surface area contributed by atoms with Crippen LogP contribution in [0, 0.1) is 5.92 Å². The van der Waals surface area contributed by atoms with Gasteiger partial charge in [-0.1, -0.05) is 12.8 Å². The molecule has 0 aromatic carbocycles. The molecule has 20 heavy (non-hydrogen) atoms. The number of piperidine rings is 1. The van der Waals surface area contributed by atoms with Crippen LogP contribution >= 0.6 is 0 Å². The summed E-state index contributed by atoms with van der Waals surface area (Å²) in [6, 6.07) is 0.781. The Hall–Kier alpha value is -0.610. The van der Waals surface area contributed by atoms with Crippen LogP contribution in [0.5, 0.6) is 0 Å². The summed E-state index contributed by atoms with van der Waals surface area (Å²) in [5.74, 6) is 0.995. The van der Waals surface area contributed by atoms with Crippen LogP contribution in [-0.4, -0.2) is 55.0 Å². The number of hydrogen-bond acceptors (Lipinski definition) is 3. The second-order valence-electron chi connectivity index (χ2n) is 6.89. The second-order valence-corrected chi connectivity index (χ2v) is 6.89. The largest absolute Gasteiger partial charge is 0.341 e. The highest BCUT2D eigenvalue weighted by Gasteiger charge is 2.25. The van der Waals surface area contributed by atoms with Gasteiger partial charge >= 0.3 is 0 Å². The molecule has 1 saturated heterocycles. The third-order valence-electron chi connectivity index (χ3n) is 5.13. The molecule has 1 amide bonds. The van der Waals surface area contributed by atoms with Crippen molar-refractivity contribution in [2.45, 2.75) is 63.5 Å². The molecule has 0 aromatic heterocycles. The van der Waals surface area contributed by atoms with Gasteiger partial charge < -0.3 is 15.5 Å². The molecule has 1 aliphatic carbocycles. The molecule has 3 atom stereocenters. The molecule has 0 bridgehead atoms. The molecule has 2 fully saturated rings. The zero-order valence-corrected chi connectivity index (χ0v) is 13.2. The molecule has 2 N–H and O–H groups in total. The highest BCUT2D eigenvalue weighted by molar-refractivity contribution is 5.76. The fourth-order valence-corrected chi connectivity index (χ4v) is 3.76. The molecular weight excluding hydrogens is 250 g/mol. The van der Waals surface area contributed by atoms with E-state index in [1.165, 1.54) is 32.2 Å². The maximum Gasteiger partial charge on any atom is 0.222 e. The second kappa shape index (κ2) is 7.41. The van der Waals surface area contributed by atoms with Crippen LogP contribution in [0.4, 0.5) is 0 Å². The number of carbonyl (C=O) groups is 1. The van der Waals surface area contributed by atoms with Crippen molar-refractivity contribution in [3.05, 3.63) is 0 Å². The monoisotopic (exact) mass is 281 g/mol. The minimum Gasteiger partial charge on any atom is -0.341 e. The van der Waals surface area contributed by atoms with Crippen LogP contribution in [0.25, 0.3) is 0 Å². The first-order valence-electron chi connectivity index (χ1n) is 8.26. The molecule has 116 valence electrons. The first-order valence-corrected chi connectivity index (χ1v) is 8.26. The summed E-state index contributed by atoms with van der Waals surface area (Å²) in [6.07, 6.45) is 8.87. The van der Waals surface area contributed by atoms with Gasteiger partial charge in [-0.15, -0.1) is 0 Å². The Labute approximate surface area is 123 Å². The molecule has 1 aliphatic heterocycles. The maximum absolute atomic E-state index is 12.3. The predicted molar refractivity (Wildman–Crippen MR) is 82.5 cm³/mol. The third kappa shape index (κ3) is 4.45. The quantitative estimate of drug-likeness (QED) is 0.855. The van der Waals surface area contributed by atoms with Gasteiger partial charge in [0.05, 0.1) is 0 Å². The van der Waals surface area contributed by atoms with Crippen molar-refractivity contribution in [1.82, 2.24) is 9.80 Å². The van der Waals surface area contributed by atoms with Gasteiger partial charge in [0.25, 0.3) is 0 Å². The van der Waals surface area contributed by atoms with E-state index in [2.05, 4.69) is 11.9 Å². The number of carbonyl (C=O) groups excluding carboxylic acids is 1. The molecule has 2 aliphatic rings. The Balaban J connectivity index is 1.73. The molecule has 0 aromatic rings. The average molecular weight is 281 g/mol. The number of nitrogens with two attached hydrogens (primary N) is 1. The fraction of sp³-hybridized carbons (Fsp3) is 0.938. The number of rotatable bonds is 4. The Morgan fingerprint density at radius 3 is 2.80 bits per heavy atom. The Morgan fingerprint density at radius 2 is 2.10 bits per heavy atom. The smallest absolute Gasteiger partial charge is 0.222 e. The van der Waals surface area contributed by atoms with Crippen LogP contribution < -0.4 is 5.73 Å². The van der Waals surface area contributed by atoms with Crippen molar-refractivity contribution in [2.24, 2.45) is 11.7 Å². The molecule has 0 spiro atoms. The molecule has 2 rings (SSSR count). The summed E-state index contributed by atoms with van der Waals surface area (Å²) in [6.45, 7) is 2.19. The Bertz CT molecular complexity index is 321. The lowest BCUT2D eigenvalue weighted by Crippen LogP contribution is -2.47. The summed E-state index contributed by atoms with van der Waals surface area (Å²) in [7, 11) is 4.13. The molecular formula is C16H31N3O. The number of likely N-dealkylation sites (tertiary alicyclic amines) is 1. The van der Waals surface area contributed by atoms with Crippen LogP contribution in [0.3, 0.4) is 0 Å². The van der Waals surface area contributed by atoms with Gasteiger partial charge in [0.1, 0.15) is 0 Å². The van der Waals surface area contributed by atoms with E-state index in [9.17, 15) is 4.79 Å². The van der Waals surface area contributed by atoms with E-state index in [1.807, 2.05) is 11.9 Å². The molecule has 4 nitrogen and oxygen atoms in total. The molecule has 1 heterocycles. The molecule has 1 saturated carbocycles. The SMILES string of the molecule is CN1CCCC(N(C)C(=O)CCC2CCCC(N)C2)C1. The Morgan fingerprint density at radius 1 is 1.30 bits per heavy atom. The van der Waals surface area contributed by atoms with Gasteiger partial charge in [-0.2, -0.15) is 0 Å². The minimum absolute atomic E-state index is 0.324.